The van der Waals surface area contributed by atoms with Gasteiger partial charge in [-0.25, -0.2) is 0 Å². The van der Waals surface area contributed by atoms with E-state index in [1.54, 1.807) is 12.3 Å². The number of H-pyrrole nitrogens is 1. The van der Waals surface area contributed by atoms with Gasteiger partial charge in [0.05, 0.1) is 5.52 Å². The number of aromatic amines is 1. The van der Waals surface area contributed by atoms with Crippen LogP contribution >= 0.6 is 0 Å². The second kappa shape index (κ2) is 5.11. The maximum absolute atomic E-state index is 11.8. The van der Waals surface area contributed by atoms with Gasteiger partial charge in [-0.05, 0) is 29.1 Å². The van der Waals surface area contributed by atoms with Gasteiger partial charge in [-0.2, -0.15) is 0 Å². The van der Waals surface area contributed by atoms with Gasteiger partial charge in [-0.1, -0.05) is 36.4 Å². The van der Waals surface area contributed by atoms with Crippen molar-refractivity contribution >= 4 is 21.7 Å². The maximum Gasteiger partial charge on any atom is 0.248 e. The Morgan fingerprint density at radius 2 is 1.77 bits per heavy atom. The Kier molecular flexibility index (Phi) is 2.97. The molecule has 0 spiro atoms. The fraction of sp³-hybridized carbons (Fsp3) is 0.0526. The molecule has 1 N–H and O–H groups in total. The Hall–Kier alpha value is -2.94. The lowest BCUT2D eigenvalue weighted by Gasteiger charge is -2.07. The lowest BCUT2D eigenvalue weighted by atomic mass is 10.0. The van der Waals surface area contributed by atoms with Crippen molar-refractivity contribution in [3.8, 4) is 0 Å². The van der Waals surface area contributed by atoms with Crippen LogP contribution in [-0.4, -0.2) is 9.97 Å². The summed E-state index contributed by atoms with van der Waals surface area (Å²) in [5.74, 6) is 0. The lowest BCUT2D eigenvalue weighted by Crippen LogP contribution is -2.08. The first-order valence-corrected chi connectivity index (χ1v) is 7.24. The molecule has 4 aromatic rings. The van der Waals surface area contributed by atoms with Crippen LogP contribution in [0.2, 0.25) is 0 Å². The van der Waals surface area contributed by atoms with E-state index in [-0.39, 0.29) is 5.56 Å². The van der Waals surface area contributed by atoms with Crippen molar-refractivity contribution in [1.29, 1.82) is 0 Å². The summed E-state index contributed by atoms with van der Waals surface area (Å²) in [4.78, 5) is 19.2. The summed E-state index contributed by atoms with van der Waals surface area (Å²) in [6.07, 6.45) is 2.49. The standard InChI is InChI=1S/C19H14N2O/c22-19-12-14-4-1-2-6-16(14)18(21-19)11-13-7-8-17-15(10-13)5-3-9-20-17/h1-10,12H,11H2,(H,21,22). The number of hydrogen-bond acceptors (Lipinski definition) is 2. The van der Waals surface area contributed by atoms with Gasteiger partial charge in [0.15, 0.2) is 0 Å². The fourth-order valence-electron chi connectivity index (χ4n) is 2.87. The van der Waals surface area contributed by atoms with Crippen LogP contribution in [0, 0.1) is 0 Å². The van der Waals surface area contributed by atoms with E-state index in [1.807, 2.05) is 36.4 Å². The fourth-order valence-corrected chi connectivity index (χ4v) is 2.87. The summed E-state index contributed by atoms with van der Waals surface area (Å²) in [6.45, 7) is 0. The molecule has 0 aliphatic rings. The molecule has 0 radical (unpaired) electrons. The predicted molar refractivity (Wildman–Crippen MR) is 89.1 cm³/mol. The zero-order chi connectivity index (χ0) is 14.9. The molecule has 106 valence electrons. The minimum absolute atomic E-state index is 0.0591. The molecule has 0 aliphatic heterocycles. The molecule has 2 aromatic heterocycles. The van der Waals surface area contributed by atoms with E-state index >= 15 is 0 Å². The summed E-state index contributed by atoms with van der Waals surface area (Å²) < 4.78 is 0. The van der Waals surface area contributed by atoms with E-state index in [0.717, 1.165) is 32.9 Å². The number of nitrogens with zero attached hydrogens (tertiary/aromatic N) is 1. The Bertz CT molecular complexity index is 1030. The van der Waals surface area contributed by atoms with Crippen LogP contribution in [0.4, 0.5) is 0 Å². The second-order valence-corrected chi connectivity index (χ2v) is 5.41. The van der Waals surface area contributed by atoms with Crippen LogP contribution in [0.25, 0.3) is 21.7 Å². The van der Waals surface area contributed by atoms with E-state index in [1.165, 1.54) is 0 Å². The molecule has 2 aromatic carbocycles. The molecule has 0 saturated carbocycles. The molecule has 0 atom stereocenters. The minimum atomic E-state index is -0.0591. The highest BCUT2D eigenvalue weighted by molar-refractivity contribution is 5.85. The summed E-state index contributed by atoms with van der Waals surface area (Å²) in [6, 6.07) is 19.8. The van der Waals surface area contributed by atoms with Crippen molar-refractivity contribution < 1.29 is 0 Å². The number of hydrogen-bond donors (Lipinski definition) is 1. The molecular weight excluding hydrogens is 272 g/mol. The van der Waals surface area contributed by atoms with Gasteiger partial charge in [0, 0.05) is 35.2 Å². The molecular formula is C19H14N2O. The topological polar surface area (TPSA) is 45.8 Å². The highest BCUT2D eigenvalue weighted by atomic mass is 16.1. The third-order valence-corrected chi connectivity index (χ3v) is 3.89. The van der Waals surface area contributed by atoms with Gasteiger partial charge >= 0.3 is 0 Å². The van der Waals surface area contributed by atoms with Crippen molar-refractivity contribution in [2.45, 2.75) is 6.42 Å². The quantitative estimate of drug-likeness (QED) is 0.611. The predicted octanol–water partition coefficient (Wildman–Crippen LogP) is 3.67. The number of aromatic nitrogens is 2. The monoisotopic (exact) mass is 286 g/mol. The van der Waals surface area contributed by atoms with E-state index in [0.29, 0.717) is 6.42 Å². The van der Waals surface area contributed by atoms with Gasteiger partial charge in [0.25, 0.3) is 0 Å². The molecule has 0 fully saturated rings. The summed E-state index contributed by atoms with van der Waals surface area (Å²) in [5.41, 5.74) is 3.03. The van der Waals surface area contributed by atoms with Gasteiger partial charge in [0.2, 0.25) is 5.56 Å². The van der Waals surface area contributed by atoms with E-state index < -0.39 is 0 Å². The molecule has 2 heterocycles. The van der Waals surface area contributed by atoms with E-state index in [2.05, 4.69) is 28.2 Å². The average Bonchev–Trinajstić information content (AvgIpc) is 2.54. The third kappa shape index (κ3) is 2.27. The molecule has 3 heteroatoms. The maximum atomic E-state index is 11.8. The SMILES string of the molecule is O=c1cc2ccccc2c(Cc2ccc3ncccc3c2)[nH]1. The minimum Gasteiger partial charge on any atom is -0.325 e. The van der Waals surface area contributed by atoms with Crippen LogP contribution in [-0.2, 0) is 6.42 Å². The summed E-state index contributed by atoms with van der Waals surface area (Å²) in [5, 5.41) is 3.18. The van der Waals surface area contributed by atoms with Gasteiger partial charge in [0.1, 0.15) is 0 Å². The summed E-state index contributed by atoms with van der Waals surface area (Å²) >= 11 is 0. The lowest BCUT2D eigenvalue weighted by molar-refractivity contribution is 1.07. The molecule has 0 saturated heterocycles. The molecule has 0 aliphatic carbocycles. The molecule has 0 bridgehead atoms. The first-order chi connectivity index (χ1) is 10.8. The van der Waals surface area contributed by atoms with Crippen molar-refractivity contribution in [3.05, 3.63) is 88.5 Å². The van der Waals surface area contributed by atoms with Crippen molar-refractivity contribution in [2.24, 2.45) is 0 Å². The average molecular weight is 286 g/mol. The smallest absolute Gasteiger partial charge is 0.248 e. The van der Waals surface area contributed by atoms with Crippen molar-refractivity contribution in [1.82, 2.24) is 9.97 Å². The van der Waals surface area contributed by atoms with Crippen LogP contribution in [0.15, 0.2) is 71.7 Å². The Balaban J connectivity index is 1.83. The summed E-state index contributed by atoms with van der Waals surface area (Å²) in [7, 11) is 0. The van der Waals surface area contributed by atoms with Gasteiger partial charge in [-0.15, -0.1) is 0 Å². The molecule has 22 heavy (non-hydrogen) atoms. The van der Waals surface area contributed by atoms with E-state index in [9.17, 15) is 4.79 Å². The van der Waals surface area contributed by atoms with Crippen LogP contribution in [0.1, 0.15) is 11.3 Å². The third-order valence-electron chi connectivity index (χ3n) is 3.89. The molecule has 0 amide bonds. The number of rotatable bonds is 2. The van der Waals surface area contributed by atoms with E-state index in [4.69, 9.17) is 0 Å². The normalized spacial score (nSPS) is 11.1. The van der Waals surface area contributed by atoms with Crippen LogP contribution in [0.5, 0.6) is 0 Å². The number of nitrogens with one attached hydrogen (secondary N) is 1. The number of benzene rings is 2. The second-order valence-electron chi connectivity index (χ2n) is 5.41. The van der Waals surface area contributed by atoms with Gasteiger partial charge in [-0.3, -0.25) is 9.78 Å². The number of pyridine rings is 2. The molecule has 3 nitrogen and oxygen atoms in total. The first-order valence-electron chi connectivity index (χ1n) is 7.24. The zero-order valence-corrected chi connectivity index (χ0v) is 11.9. The Morgan fingerprint density at radius 1 is 0.909 bits per heavy atom. The first kappa shape index (κ1) is 12.8. The zero-order valence-electron chi connectivity index (χ0n) is 11.9. The number of fused-ring (bicyclic) bond motifs is 2. The molecule has 4 rings (SSSR count). The molecule has 0 unspecified atom stereocenters. The highest BCUT2D eigenvalue weighted by Gasteiger charge is 2.05. The van der Waals surface area contributed by atoms with Crippen molar-refractivity contribution in [3.63, 3.8) is 0 Å². The van der Waals surface area contributed by atoms with Crippen LogP contribution in [0.3, 0.4) is 0 Å². The largest absolute Gasteiger partial charge is 0.325 e. The Labute approximate surface area is 127 Å². The highest BCUT2D eigenvalue weighted by Crippen LogP contribution is 2.20. The van der Waals surface area contributed by atoms with Crippen molar-refractivity contribution in [2.75, 3.05) is 0 Å². The Morgan fingerprint density at radius 3 is 2.73 bits per heavy atom. The van der Waals surface area contributed by atoms with Crippen LogP contribution < -0.4 is 5.56 Å². The van der Waals surface area contributed by atoms with Gasteiger partial charge < -0.3 is 4.98 Å².